The Morgan fingerprint density at radius 3 is 1.92 bits per heavy atom. The minimum Gasteiger partial charge on any atom is -0.491 e. The van der Waals surface area contributed by atoms with Gasteiger partial charge in [-0.05, 0) is 70.0 Å². The van der Waals surface area contributed by atoms with Crippen LogP contribution >= 0.6 is 0 Å². The van der Waals surface area contributed by atoms with E-state index in [9.17, 15) is 0 Å². The number of ether oxygens (including phenoxy) is 4. The van der Waals surface area contributed by atoms with Gasteiger partial charge in [-0.15, -0.1) is 0 Å². The van der Waals surface area contributed by atoms with E-state index < -0.39 is 5.41 Å². The van der Waals surface area contributed by atoms with Crippen molar-refractivity contribution in [2.75, 3.05) is 26.4 Å². The summed E-state index contributed by atoms with van der Waals surface area (Å²) in [5.41, 5.74) is 8.53. The lowest BCUT2D eigenvalue weighted by molar-refractivity contribution is 0.261. The minimum atomic E-state index is -0.440. The topological polar surface area (TPSA) is 43.5 Å². The zero-order valence-corrected chi connectivity index (χ0v) is 22.4. The lowest BCUT2D eigenvalue weighted by Crippen LogP contribution is -2.28. The van der Waals surface area contributed by atoms with Crippen molar-refractivity contribution < 1.29 is 18.9 Å². The fraction of sp³-hybridized carbons (Fsp3) is 0.314. The lowest BCUT2D eigenvalue weighted by Gasteiger charge is -2.34. The molecule has 2 fully saturated rings. The second-order valence-electron chi connectivity index (χ2n) is 10.8. The summed E-state index contributed by atoms with van der Waals surface area (Å²) < 4.78 is 23.0. The summed E-state index contributed by atoms with van der Waals surface area (Å²) in [4.78, 5) is 0. The number of rotatable bonds is 11. The standard InChI is InChI=1S/C35H34O4/c1-2-3-8-24-19-26(15-18-34(24)39-23-29-22-38-29)35(25-13-16-27(17-14-25)36-20-28-21-37-28)32-11-6-4-9-30(32)31-10-5-7-12-33(31)35/h4-7,9-19,28-29H,2-3,8,20-23H2,1H3. The predicted molar refractivity (Wildman–Crippen MR) is 153 cm³/mol. The first-order valence-electron chi connectivity index (χ1n) is 14.2. The molecule has 2 atom stereocenters. The molecule has 3 aliphatic rings. The highest BCUT2D eigenvalue weighted by molar-refractivity contribution is 5.86. The molecule has 4 aromatic carbocycles. The van der Waals surface area contributed by atoms with E-state index in [0.29, 0.717) is 13.2 Å². The number of epoxide rings is 2. The van der Waals surface area contributed by atoms with E-state index in [1.54, 1.807) is 0 Å². The molecule has 2 heterocycles. The van der Waals surface area contributed by atoms with Gasteiger partial charge in [-0.2, -0.15) is 0 Å². The minimum absolute atomic E-state index is 0.232. The van der Waals surface area contributed by atoms with Crippen molar-refractivity contribution in [3.05, 3.63) is 119 Å². The van der Waals surface area contributed by atoms with Crippen LogP contribution in [0.15, 0.2) is 91.0 Å². The Morgan fingerprint density at radius 1 is 0.718 bits per heavy atom. The van der Waals surface area contributed by atoms with Crippen LogP contribution in [0.25, 0.3) is 11.1 Å². The summed E-state index contributed by atoms with van der Waals surface area (Å²) in [7, 11) is 0. The molecule has 4 aromatic rings. The van der Waals surface area contributed by atoms with Crippen molar-refractivity contribution in [1.29, 1.82) is 0 Å². The number of hydrogen-bond acceptors (Lipinski definition) is 4. The maximum absolute atomic E-state index is 6.27. The van der Waals surface area contributed by atoms with Gasteiger partial charge in [0, 0.05) is 0 Å². The van der Waals surface area contributed by atoms with Crippen molar-refractivity contribution in [3.63, 3.8) is 0 Å². The third-order valence-corrected chi connectivity index (χ3v) is 8.20. The van der Waals surface area contributed by atoms with Crippen molar-refractivity contribution in [2.24, 2.45) is 0 Å². The Bertz CT molecular complexity index is 1420. The zero-order valence-electron chi connectivity index (χ0n) is 22.4. The molecular formula is C35H34O4. The predicted octanol–water partition coefficient (Wildman–Crippen LogP) is 6.95. The molecule has 1 aliphatic carbocycles. The van der Waals surface area contributed by atoms with Gasteiger partial charge >= 0.3 is 0 Å². The summed E-state index contributed by atoms with van der Waals surface area (Å²) >= 11 is 0. The van der Waals surface area contributed by atoms with Gasteiger partial charge in [0.05, 0.1) is 18.6 Å². The zero-order chi connectivity index (χ0) is 26.2. The van der Waals surface area contributed by atoms with Crippen LogP contribution in [0.3, 0.4) is 0 Å². The molecule has 0 amide bonds. The summed E-state index contributed by atoms with van der Waals surface area (Å²) in [5, 5.41) is 0. The molecule has 2 saturated heterocycles. The maximum Gasteiger partial charge on any atom is 0.122 e. The Labute approximate surface area is 230 Å². The Kier molecular flexibility index (Phi) is 6.38. The fourth-order valence-corrected chi connectivity index (χ4v) is 6.04. The molecule has 0 aromatic heterocycles. The summed E-state index contributed by atoms with van der Waals surface area (Å²) in [6.07, 6.45) is 3.71. The van der Waals surface area contributed by atoms with Gasteiger partial charge in [0.1, 0.15) is 36.9 Å². The molecule has 0 saturated carbocycles. The molecule has 4 nitrogen and oxygen atoms in total. The van der Waals surface area contributed by atoms with Crippen molar-refractivity contribution in [1.82, 2.24) is 0 Å². The number of aryl methyl sites for hydroxylation is 1. The van der Waals surface area contributed by atoms with Crippen molar-refractivity contribution >= 4 is 0 Å². The van der Waals surface area contributed by atoms with Crippen LogP contribution in [-0.4, -0.2) is 38.6 Å². The van der Waals surface area contributed by atoms with Crippen LogP contribution in [0.2, 0.25) is 0 Å². The molecule has 198 valence electrons. The molecule has 2 aliphatic heterocycles. The van der Waals surface area contributed by atoms with E-state index in [4.69, 9.17) is 18.9 Å². The van der Waals surface area contributed by atoms with Gasteiger partial charge in [-0.1, -0.05) is 86.1 Å². The molecule has 39 heavy (non-hydrogen) atoms. The monoisotopic (exact) mass is 518 g/mol. The lowest BCUT2D eigenvalue weighted by atomic mass is 9.67. The van der Waals surface area contributed by atoms with E-state index >= 15 is 0 Å². The van der Waals surface area contributed by atoms with Crippen LogP contribution in [-0.2, 0) is 21.3 Å². The summed E-state index contributed by atoms with van der Waals surface area (Å²) in [6, 6.07) is 33.3. The average molecular weight is 519 g/mol. The van der Waals surface area contributed by atoms with E-state index in [-0.39, 0.29) is 12.2 Å². The van der Waals surface area contributed by atoms with Crippen LogP contribution in [0.5, 0.6) is 11.5 Å². The van der Waals surface area contributed by atoms with E-state index in [0.717, 1.165) is 44.0 Å². The van der Waals surface area contributed by atoms with Crippen LogP contribution in [0.1, 0.15) is 47.6 Å². The number of benzene rings is 4. The third-order valence-electron chi connectivity index (χ3n) is 8.20. The smallest absolute Gasteiger partial charge is 0.122 e. The molecule has 0 bridgehead atoms. The molecule has 2 unspecified atom stereocenters. The first-order valence-corrected chi connectivity index (χ1v) is 14.2. The van der Waals surface area contributed by atoms with Crippen molar-refractivity contribution in [2.45, 2.75) is 43.8 Å². The summed E-state index contributed by atoms with van der Waals surface area (Å²) in [5.74, 6) is 1.85. The largest absolute Gasteiger partial charge is 0.491 e. The molecule has 4 heteroatoms. The van der Waals surface area contributed by atoms with E-state index in [2.05, 4.69) is 97.9 Å². The highest BCUT2D eigenvalue weighted by Gasteiger charge is 2.46. The number of hydrogen-bond donors (Lipinski definition) is 0. The fourth-order valence-electron chi connectivity index (χ4n) is 6.04. The van der Waals surface area contributed by atoms with Crippen LogP contribution < -0.4 is 9.47 Å². The Hall–Kier alpha value is -3.60. The van der Waals surface area contributed by atoms with Gasteiger partial charge in [0.2, 0.25) is 0 Å². The summed E-state index contributed by atoms with van der Waals surface area (Å²) in [6.45, 7) is 5.05. The second-order valence-corrected chi connectivity index (χ2v) is 10.8. The highest BCUT2D eigenvalue weighted by Crippen LogP contribution is 2.56. The van der Waals surface area contributed by atoms with Crippen LogP contribution in [0.4, 0.5) is 0 Å². The maximum atomic E-state index is 6.27. The number of fused-ring (bicyclic) bond motifs is 3. The molecular weight excluding hydrogens is 484 g/mol. The number of unbranched alkanes of at least 4 members (excludes halogenated alkanes) is 1. The second kappa shape index (κ2) is 10.2. The average Bonchev–Trinajstić information content (AvgIpc) is 3.93. The highest BCUT2D eigenvalue weighted by atomic mass is 16.6. The van der Waals surface area contributed by atoms with Gasteiger partial charge in [-0.25, -0.2) is 0 Å². The normalized spacial score (nSPS) is 19.7. The van der Waals surface area contributed by atoms with Gasteiger partial charge in [0.25, 0.3) is 0 Å². The quantitative estimate of drug-likeness (QED) is 0.178. The van der Waals surface area contributed by atoms with Gasteiger partial charge < -0.3 is 18.9 Å². The SMILES string of the molecule is CCCCc1cc(C2(c3ccc(OCC4CO4)cc3)c3ccccc3-c3ccccc32)ccc1OCC1CO1. The Morgan fingerprint density at radius 2 is 1.31 bits per heavy atom. The van der Waals surface area contributed by atoms with Crippen LogP contribution in [0, 0.1) is 0 Å². The Balaban J connectivity index is 1.39. The van der Waals surface area contributed by atoms with Crippen molar-refractivity contribution in [3.8, 4) is 22.6 Å². The van der Waals surface area contributed by atoms with E-state index in [1.165, 1.54) is 38.9 Å². The van der Waals surface area contributed by atoms with Gasteiger partial charge in [-0.3, -0.25) is 0 Å². The first-order chi connectivity index (χ1) is 19.3. The molecule has 7 rings (SSSR count). The van der Waals surface area contributed by atoms with Gasteiger partial charge in [0.15, 0.2) is 0 Å². The van der Waals surface area contributed by atoms with E-state index in [1.807, 2.05) is 0 Å². The molecule has 0 N–H and O–H groups in total. The molecule has 0 radical (unpaired) electrons. The third kappa shape index (κ3) is 4.52. The first kappa shape index (κ1) is 24.4. The molecule has 0 spiro atoms.